The van der Waals surface area contributed by atoms with Gasteiger partial charge in [0.25, 0.3) is 0 Å². The molecular formula is C13H19ClFNO4. The molecule has 0 aliphatic heterocycles. The smallest absolute Gasteiger partial charge is 0.145 e. The molecule has 7 heteroatoms. The molecule has 114 valence electrons. The largest absolute Gasteiger partial charge is 0.489 e. The number of nitrogen functional groups attached to an aromatic ring is 1. The van der Waals surface area contributed by atoms with E-state index in [4.69, 9.17) is 36.3 Å². The van der Waals surface area contributed by atoms with E-state index in [1.807, 2.05) is 0 Å². The van der Waals surface area contributed by atoms with Gasteiger partial charge in [0.05, 0.1) is 43.7 Å². The van der Waals surface area contributed by atoms with E-state index < -0.39 is 5.82 Å². The van der Waals surface area contributed by atoms with Crippen LogP contribution in [-0.4, -0.2) is 46.8 Å². The van der Waals surface area contributed by atoms with Gasteiger partial charge in [0, 0.05) is 13.2 Å². The Morgan fingerprint density at radius 1 is 1.05 bits per heavy atom. The van der Waals surface area contributed by atoms with Crippen LogP contribution >= 0.6 is 11.6 Å². The van der Waals surface area contributed by atoms with Gasteiger partial charge >= 0.3 is 0 Å². The third-order valence-electron chi connectivity index (χ3n) is 2.34. The highest BCUT2D eigenvalue weighted by molar-refractivity contribution is 6.31. The maximum Gasteiger partial charge on any atom is 0.145 e. The molecule has 0 saturated carbocycles. The quantitative estimate of drug-likeness (QED) is 0.530. The molecule has 0 saturated heterocycles. The van der Waals surface area contributed by atoms with Crippen LogP contribution in [0.2, 0.25) is 5.02 Å². The number of ether oxygens (including phenoxy) is 4. The number of halogens is 2. The second-order valence-electron chi connectivity index (χ2n) is 3.87. The molecule has 1 rings (SSSR count). The summed E-state index contributed by atoms with van der Waals surface area (Å²) in [5.74, 6) is -0.310. The van der Waals surface area contributed by atoms with Gasteiger partial charge in [-0.15, -0.1) is 0 Å². The van der Waals surface area contributed by atoms with Crippen LogP contribution in [0.5, 0.6) is 5.75 Å². The van der Waals surface area contributed by atoms with Crippen molar-refractivity contribution in [3.63, 3.8) is 0 Å². The first-order valence-corrected chi connectivity index (χ1v) is 6.54. The Bertz CT molecular complexity index is 406. The number of rotatable bonds is 10. The van der Waals surface area contributed by atoms with Crippen molar-refractivity contribution < 1.29 is 23.3 Å². The van der Waals surface area contributed by atoms with E-state index in [0.717, 1.165) is 6.07 Å². The first kappa shape index (κ1) is 17.0. The third-order valence-corrected chi connectivity index (χ3v) is 2.63. The highest BCUT2D eigenvalue weighted by Crippen LogP contribution is 2.27. The molecule has 0 fully saturated rings. The van der Waals surface area contributed by atoms with Gasteiger partial charge in [0.2, 0.25) is 0 Å². The van der Waals surface area contributed by atoms with E-state index in [2.05, 4.69) is 0 Å². The van der Waals surface area contributed by atoms with Gasteiger partial charge in [0.15, 0.2) is 0 Å². The van der Waals surface area contributed by atoms with E-state index in [0.29, 0.717) is 38.7 Å². The average Bonchev–Trinajstić information content (AvgIpc) is 2.42. The second-order valence-corrected chi connectivity index (χ2v) is 4.28. The highest BCUT2D eigenvalue weighted by Gasteiger charge is 2.07. The molecule has 0 radical (unpaired) electrons. The zero-order valence-corrected chi connectivity index (χ0v) is 12.1. The lowest BCUT2D eigenvalue weighted by Crippen LogP contribution is -2.12. The van der Waals surface area contributed by atoms with Crippen LogP contribution in [0, 0.1) is 5.82 Å². The minimum atomic E-state index is -0.566. The average molecular weight is 308 g/mol. The van der Waals surface area contributed by atoms with Crippen molar-refractivity contribution in [2.24, 2.45) is 0 Å². The van der Waals surface area contributed by atoms with Gasteiger partial charge in [-0.2, -0.15) is 0 Å². The number of methoxy groups -OCH3 is 1. The fourth-order valence-electron chi connectivity index (χ4n) is 1.34. The first-order chi connectivity index (χ1) is 9.65. The van der Waals surface area contributed by atoms with Crippen molar-refractivity contribution in [3.8, 4) is 5.75 Å². The van der Waals surface area contributed by atoms with Crippen molar-refractivity contribution in [1.29, 1.82) is 0 Å². The minimum Gasteiger partial charge on any atom is -0.489 e. The summed E-state index contributed by atoms with van der Waals surface area (Å²) in [5, 5.41) is -0.0284. The molecule has 20 heavy (non-hydrogen) atoms. The third kappa shape index (κ3) is 6.38. The summed E-state index contributed by atoms with van der Waals surface area (Å²) in [6.45, 7) is 2.67. The predicted octanol–water partition coefficient (Wildman–Crippen LogP) is 2.12. The normalized spacial score (nSPS) is 10.8. The fraction of sp³-hybridized carbons (Fsp3) is 0.538. The standard InChI is InChI=1S/C13H19ClFNO4/c1-17-2-3-18-4-5-19-6-7-20-13-9-11(15)10(14)8-12(13)16/h8-9H,2-7,16H2,1H3. The van der Waals surface area contributed by atoms with E-state index in [1.165, 1.54) is 6.07 Å². The van der Waals surface area contributed by atoms with Gasteiger partial charge < -0.3 is 24.7 Å². The first-order valence-electron chi connectivity index (χ1n) is 6.17. The number of nitrogens with two attached hydrogens (primary N) is 1. The number of hydrogen-bond donors (Lipinski definition) is 1. The Morgan fingerprint density at radius 2 is 1.65 bits per heavy atom. The fourth-order valence-corrected chi connectivity index (χ4v) is 1.52. The van der Waals surface area contributed by atoms with Crippen molar-refractivity contribution in [1.82, 2.24) is 0 Å². The van der Waals surface area contributed by atoms with Crippen LogP contribution in [0.15, 0.2) is 12.1 Å². The molecular weight excluding hydrogens is 289 g/mol. The van der Waals surface area contributed by atoms with E-state index in [9.17, 15) is 4.39 Å². The molecule has 0 aromatic heterocycles. The molecule has 0 aliphatic carbocycles. The molecule has 5 nitrogen and oxygen atoms in total. The minimum absolute atomic E-state index is 0.0284. The summed E-state index contributed by atoms with van der Waals surface area (Å²) in [6, 6.07) is 2.47. The molecule has 1 aromatic carbocycles. The van der Waals surface area contributed by atoms with Crippen molar-refractivity contribution >= 4 is 17.3 Å². The summed E-state index contributed by atoms with van der Waals surface area (Å²) >= 11 is 5.58. The summed E-state index contributed by atoms with van der Waals surface area (Å²) in [7, 11) is 1.61. The van der Waals surface area contributed by atoms with Crippen LogP contribution in [0.4, 0.5) is 10.1 Å². The highest BCUT2D eigenvalue weighted by atomic mass is 35.5. The van der Waals surface area contributed by atoms with E-state index in [1.54, 1.807) is 7.11 Å². The summed E-state index contributed by atoms with van der Waals surface area (Å²) in [6.07, 6.45) is 0. The van der Waals surface area contributed by atoms with Crippen LogP contribution in [0.1, 0.15) is 0 Å². The lowest BCUT2D eigenvalue weighted by molar-refractivity contribution is 0.0180. The van der Waals surface area contributed by atoms with Gasteiger partial charge in [-0.25, -0.2) is 4.39 Å². The lowest BCUT2D eigenvalue weighted by atomic mass is 10.3. The Labute approximate surface area is 122 Å². The predicted molar refractivity (Wildman–Crippen MR) is 74.8 cm³/mol. The number of hydrogen-bond acceptors (Lipinski definition) is 5. The molecule has 0 amide bonds. The van der Waals surface area contributed by atoms with E-state index >= 15 is 0 Å². The molecule has 0 bridgehead atoms. The lowest BCUT2D eigenvalue weighted by Gasteiger charge is -2.10. The summed E-state index contributed by atoms with van der Waals surface area (Å²) in [5.41, 5.74) is 5.94. The molecule has 0 atom stereocenters. The number of anilines is 1. The number of benzene rings is 1. The Hall–Kier alpha value is -1.08. The molecule has 0 aliphatic rings. The molecule has 2 N–H and O–H groups in total. The maximum atomic E-state index is 13.2. The summed E-state index contributed by atoms with van der Waals surface area (Å²) < 4.78 is 33.8. The SMILES string of the molecule is COCCOCCOCCOc1cc(F)c(Cl)cc1N. The van der Waals surface area contributed by atoms with Gasteiger partial charge in [-0.3, -0.25) is 0 Å². The van der Waals surface area contributed by atoms with Crippen molar-refractivity contribution in [2.45, 2.75) is 0 Å². The molecule has 0 unspecified atom stereocenters. The molecule has 0 heterocycles. The Morgan fingerprint density at radius 3 is 2.30 bits per heavy atom. The second kappa shape index (κ2) is 9.77. The van der Waals surface area contributed by atoms with Gasteiger partial charge in [-0.1, -0.05) is 11.6 Å². The zero-order chi connectivity index (χ0) is 14.8. The van der Waals surface area contributed by atoms with Crippen LogP contribution in [0.3, 0.4) is 0 Å². The summed E-state index contributed by atoms with van der Waals surface area (Å²) in [4.78, 5) is 0. The topological polar surface area (TPSA) is 62.9 Å². The zero-order valence-electron chi connectivity index (χ0n) is 11.4. The maximum absolute atomic E-state index is 13.2. The Balaban J connectivity index is 2.11. The van der Waals surface area contributed by atoms with Crippen molar-refractivity contribution in [2.75, 3.05) is 52.5 Å². The van der Waals surface area contributed by atoms with Crippen molar-refractivity contribution in [3.05, 3.63) is 23.0 Å². The van der Waals surface area contributed by atoms with E-state index in [-0.39, 0.29) is 17.4 Å². The van der Waals surface area contributed by atoms with Gasteiger partial charge in [0.1, 0.15) is 18.2 Å². The Kier molecular flexibility index (Phi) is 8.29. The monoisotopic (exact) mass is 307 g/mol. The van der Waals surface area contributed by atoms with Crippen LogP contribution < -0.4 is 10.5 Å². The van der Waals surface area contributed by atoms with Gasteiger partial charge in [-0.05, 0) is 6.07 Å². The van der Waals surface area contributed by atoms with Crippen LogP contribution in [-0.2, 0) is 14.2 Å². The molecule has 1 aromatic rings. The van der Waals surface area contributed by atoms with Crippen LogP contribution in [0.25, 0.3) is 0 Å². The molecule has 0 spiro atoms.